The molecule has 1 saturated heterocycles. The number of nitrogens with zero attached hydrogens (tertiary/aromatic N) is 1. The molecule has 0 bridgehead atoms. The van der Waals surface area contributed by atoms with Crippen LogP contribution >= 0.6 is 0 Å². The Bertz CT molecular complexity index is 310. The Kier molecular flexibility index (Phi) is 10.4. The van der Waals surface area contributed by atoms with Crippen molar-refractivity contribution in [2.24, 2.45) is 5.92 Å². The molecule has 122 valence electrons. The van der Waals surface area contributed by atoms with Crippen LogP contribution in [0.2, 0.25) is 0 Å². The van der Waals surface area contributed by atoms with E-state index in [2.05, 4.69) is 4.90 Å². The van der Waals surface area contributed by atoms with Gasteiger partial charge in [0.15, 0.2) is 0 Å². The fraction of sp³-hybridized carbons (Fsp3) is 0.765. The van der Waals surface area contributed by atoms with Gasteiger partial charge in [-0.1, -0.05) is 6.08 Å². The lowest BCUT2D eigenvalue weighted by atomic mass is 9.92. The van der Waals surface area contributed by atoms with Crippen LogP contribution in [0, 0.1) is 5.92 Å². The Morgan fingerprint density at radius 2 is 2.14 bits per heavy atom. The second-order valence-electron chi connectivity index (χ2n) is 5.59. The van der Waals surface area contributed by atoms with Crippen LogP contribution in [0.3, 0.4) is 0 Å². The minimum absolute atomic E-state index is 0.238. The Hall–Kier alpha value is -0.710. The Labute approximate surface area is 128 Å². The number of hydrogen-bond acceptors (Lipinski definition) is 3. The van der Waals surface area contributed by atoms with Crippen molar-refractivity contribution in [1.29, 1.82) is 0 Å². The third-order valence-corrected chi connectivity index (χ3v) is 3.98. The zero-order valence-electron chi connectivity index (χ0n) is 13.3. The molecule has 0 atom stereocenters. The molecule has 1 heterocycles. The van der Waals surface area contributed by atoms with Crippen LogP contribution in [0.4, 0.5) is 4.39 Å². The van der Waals surface area contributed by atoms with Crippen LogP contribution in [0.15, 0.2) is 24.1 Å². The SMILES string of the molecule is CCOCCCN1CCC(CC/C=C\C(F)=C/CO)CC1. The minimum atomic E-state index is -0.346. The molecule has 3 nitrogen and oxygen atoms in total. The van der Waals surface area contributed by atoms with Crippen molar-refractivity contribution in [3.8, 4) is 0 Å². The van der Waals surface area contributed by atoms with E-state index in [1.165, 1.54) is 38.1 Å². The lowest BCUT2D eigenvalue weighted by molar-refractivity contribution is 0.119. The molecule has 0 unspecified atom stereocenters. The van der Waals surface area contributed by atoms with Gasteiger partial charge in [-0.05, 0) is 70.2 Å². The summed E-state index contributed by atoms with van der Waals surface area (Å²) < 4.78 is 18.4. The standard InChI is InChI=1S/C17H30FNO2/c1-2-21-15-5-11-19-12-8-16(9-13-19)6-3-4-7-17(18)10-14-20/h4,7,10,16,20H,2-3,5-6,8-9,11-15H2,1H3/b7-4-,17-10+. The van der Waals surface area contributed by atoms with E-state index in [0.717, 1.165) is 44.9 Å². The van der Waals surface area contributed by atoms with Gasteiger partial charge in [-0.25, -0.2) is 4.39 Å². The van der Waals surface area contributed by atoms with E-state index < -0.39 is 0 Å². The van der Waals surface area contributed by atoms with Crippen LogP contribution in [-0.4, -0.2) is 49.5 Å². The maximum absolute atomic E-state index is 13.0. The Morgan fingerprint density at radius 3 is 2.81 bits per heavy atom. The molecule has 1 aliphatic heterocycles. The number of hydrogen-bond donors (Lipinski definition) is 1. The second-order valence-corrected chi connectivity index (χ2v) is 5.59. The molecular weight excluding hydrogens is 269 g/mol. The lowest BCUT2D eigenvalue weighted by Crippen LogP contribution is -2.34. The quantitative estimate of drug-likeness (QED) is 0.496. The van der Waals surface area contributed by atoms with Gasteiger partial charge >= 0.3 is 0 Å². The smallest absolute Gasteiger partial charge is 0.121 e. The first-order valence-electron chi connectivity index (χ1n) is 8.19. The van der Waals surface area contributed by atoms with E-state index in [1.807, 2.05) is 13.0 Å². The summed E-state index contributed by atoms with van der Waals surface area (Å²) in [6.45, 7) is 6.98. The van der Waals surface area contributed by atoms with Crippen molar-refractivity contribution >= 4 is 0 Å². The van der Waals surface area contributed by atoms with Gasteiger partial charge in [0.05, 0.1) is 6.61 Å². The van der Waals surface area contributed by atoms with Crippen LogP contribution in [-0.2, 0) is 4.74 Å². The van der Waals surface area contributed by atoms with Crippen molar-refractivity contribution in [2.45, 2.75) is 39.0 Å². The summed E-state index contributed by atoms with van der Waals surface area (Å²) in [6.07, 6.45) is 10.2. The molecule has 0 spiro atoms. The summed E-state index contributed by atoms with van der Waals surface area (Å²) in [5.74, 6) is 0.421. The summed E-state index contributed by atoms with van der Waals surface area (Å²) >= 11 is 0. The monoisotopic (exact) mass is 299 g/mol. The lowest BCUT2D eigenvalue weighted by Gasteiger charge is -2.31. The van der Waals surface area contributed by atoms with Crippen LogP contribution in [0.1, 0.15) is 39.0 Å². The first-order chi connectivity index (χ1) is 10.3. The highest BCUT2D eigenvalue weighted by atomic mass is 19.1. The Morgan fingerprint density at radius 1 is 1.38 bits per heavy atom. The molecule has 0 aromatic rings. The first kappa shape index (κ1) is 18.3. The molecule has 0 aromatic heterocycles. The van der Waals surface area contributed by atoms with E-state index >= 15 is 0 Å². The molecule has 1 fully saturated rings. The van der Waals surface area contributed by atoms with E-state index in [1.54, 1.807) is 0 Å². The highest BCUT2D eigenvalue weighted by Crippen LogP contribution is 2.22. The molecule has 1 N–H and O–H groups in total. The van der Waals surface area contributed by atoms with Gasteiger partial charge in [-0.3, -0.25) is 0 Å². The number of aliphatic hydroxyl groups is 1. The van der Waals surface area contributed by atoms with Crippen molar-refractivity contribution in [2.75, 3.05) is 39.5 Å². The summed E-state index contributed by atoms with van der Waals surface area (Å²) in [6, 6.07) is 0. The number of allylic oxidation sites excluding steroid dienone is 3. The van der Waals surface area contributed by atoms with Crippen LogP contribution in [0.5, 0.6) is 0 Å². The number of halogens is 1. The van der Waals surface area contributed by atoms with Crippen LogP contribution in [0.25, 0.3) is 0 Å². The van der Waals surface area contributed by atoms with Gasteiger partial charge in [0.25, 0.3) is 0 Å². The summed E-state index contributed by atoms with van der Waals surface area (Å²) in [5.41, 5.74) is 0. The summed E-state index contributed by atoms with van der Waals surface area (Å²) in [4.78, 5) is 2.52. The maximum atomic E-state index is 13.0. The van der Waals surface area contributed by atoms with Gasteiger partial charge in [-0.15, -0.1) is 0 Å². The molecule has 0 radical (unpaired) electrons. The van der Waals surface area contributed by atoms with E-state index in [0.29, 0.717) is 0 Å². The Balaban J connectivity index is 2.06. The van der Waals surface area contributed by atoms with Crippen LogP contribution < -0.4 is 0 Å². The number of piperidine rings is 1. The molecular formula is C17H30FNO2. The second kappa shape index (κ2) is 11.9. The highest BCUT2D eigenvalue weighted by Gasteiger charge is 2.17. The molecule has 1 aliphatic rings. The van der Waals surface area contributed by atoms with E-state index in [-0.39, 0.29) is 12.4 Å². The molecule has 4 heteroatoms. The molecule has 1 rings (SSSR count). The highest BCUT2D eigenvalue weighted by molar-refractivity contribution is 5.10. The molecule has 0 aromatic carbocycles. The van der Waals surface area contributed by atoms with Crippen molar-refractivity contribution in [3.63, 3.8) is 0 Å². The number of aliphatic hydroxyl groups excluding tert-OH is 1. The van der Waals surface area contributed by atoms with Crippen molar-refractivity contribution < 1.29 is 14.2 Å². The fourth-order valence-corrected chi connectivity index (χ4v) is 2.72. The maximum Gasteiger partial charge on any atom is 0.121 e. The van der Waals surface area contributed by atoms with Gasteiger partial charge < -0.3 is 14.7 Å². The molecule has 0 amide bonds. The number of ether oxygens (including phenoxy) is 1. The predicted octanol–water partition coefficient (Wildman–Crippen LogP) is 3.31. The molecule has 0 saturated carbocycles. The first-order valence-corrected chi connectivity index (χ1v) is 8.19. The minimum Gasteiger partial charge on any atom is -0.392 e. The third kappa shape index (κ3) is 9.02. The third-order valence-electron chi connectivity index (χ3n) is 3.98. The van der Waals surface area contributed by atoms with Gasteiger partial charge in [-0.2, -0.15) is 0 Å². The summed E-state index contributed by atoms with van der Waals surface area (Å²) in [5, 5.41) is 8.55. The zero-order chi connectivity index (χ0) is 15.3. The largest absolute Gasteiger partial charge is 0.392 e. The van der Waals surface area contributed by atoms with Gasteiger partial charge in [0, 0.05) is 19.8 Å². The predicted molar refractivity (Wildman–Crippen MR) is 84.9 cm³/mol. The van der Waals surface area contributed by atoms with Crippen molar-refractivity contribution in [3.05, 3.63) is 24.1 Å². The fourth-order valence-electron chi connectivity index (χ4n) is 2.72. The van der Waals surface area contributed by atoms with E-state index in [4.69, 9.17) is 9.84 Å². The van der Waals surface area contributed by atoms with Gasteiger partial charge in [0.1, 0.15) is 5.83 Å². The topological polar surface area (TPSA) is 32.7 Å². The normalized spacial score (nSPS) is 18.7. The average Bonchev–Trinajstić information content (AvgIpc) is 2.50. The van der Waals surface area contributed by atoms with Gasteiger partial charge in [0.2, 0.25) is 0 Å². The number of likely N-dealkylation sites (tertiary alicyclic amines) is 1. The van der Waals surface area contributed by atoms with Crippen molar-refractivity contribution in [1.82, 2.24) is 4.90 Å². The summed E-state index contributed by atoms with van der Waals surface area (Å²) in [7, 11) is 0. The average molecular weight is 299 g/mol. The zero-order valence-corrected chi connectivity index (χ0v) is 13.3. The molecule has 0 aliphatic carbocycles. The number of rotatable bonds is 10. The molecule has 21 heavy (non-hydrogen) atoms. The van der Waals surface area contributed by atoms with E-state index in [9.17, 15) is 4.39 Å².